The minimum absolute atomic E-state index is 0.723. The quantitative estimate of drug-likeness (QED) is 0.801. The van der Waals surface area contributed by atoms with E-state index in [4.69, 9.17) is 11.6 Å². The van der Waals surface area contributed by atoms with Gasteiger partial charge in [0.2, 0.25) is 0 Å². The zero-order valence-corrected chi connectivity index (χ0v) is 12.9. The Morgan fingerprint density at radius 3 is 2.86 bits per heavy atom. The first-order valence-corrected chi connectivity index (χ1v) is 7.27. The lowest BCUT2D eigenvalue weighted by Gasteiger charge is -2.10. The van der Waals surface area contributed by atoms with Crippen molar-refractivity contribution >= 4 is 28.2 Å². The molecule has 0 radical (unpaired) electrons. The molecule has 2 aromatic heterocycles. The fourth-order valence-corrected chi connectivity index (χ4v) is 2.57. The molecule has 0 aliphatic rings. The van der Waals surface area contributed by atoms with Crippen molar-refractivity contribution in [3.05, 3.63) is 53.2 Å². The van der Waals surface area contributed by atoms with Gasteiger partial charge in [0, 0.05) is 43.5 Å². The van der Waals surface area contributed by atoms with Crippen molar-refractivity contribution in [2.45, 2.75) is 13.3 Å². The zero-order chi connectivity index (χ0) is 14.8. The van der Waals surface area contributed by atoms with Crippen molar-refractivity contribution in [1.29, 1.82) is 0 Å². The van der Waals surface area contributed by atoms with Gasteiger partial charge in [-0.05, 0) is 18.6 Å². The summed E-state index contributed by atoms with van der Waals surface area (Å²) in [5.41, 5.74) is 4.02. The predicted molar refractivity (Wildman–Crippen MR) is 86.9 cm³/mol. The van der Waals surface area contributed by atoms with Crippen LogP contribution in [-0.4, -0.2) is 21.1 Å². The van der Waals surface area contributed by atoms with Crippen molar-refractivity contribution < 1.29 is 0 Å². The minimum Gasteiger partial charge on any atom is -0.384 e. The summed E-state index contributed by atoms with van der Waals surface area (Å²) in [6, 6.07) is 6.06. The van der Waals surface area contributed by atoms with Crippen LogP contribution in [0, 0.1) is 6.92 Å². The number of rotatable bonds is 4. The highest BCUT2D eigenvalue weighted by Crippen LogP contribution is 2.29. The highest BCUT2D eigenvalue weighted by Gasteiger charge is 2.07. The van der Waals surface area contributed by atoms with E-state index in [2.05, 4.69) is 21.4 Å². The second kappa shape index (κ2) is 5.74. The molecule has 0 aliphatic carbocycles. The van der Waals surface area contributed by atoms with Crippen LogP contribution in [0.5, 0.6) is 0 Å². The van der Waals surface area contributed by atoms with Gasteiger partial charge in [-0.1, -0.05) is 23.7 Å². The van der Waals surface area contributed by atoms with Gasteiger partial charge >= 0.3 is 0 Å². The molecule has 0 spiro atoms. The topological polar surface area (TPSA) is 42.7 Å². The molecule has 0 unspecified atom stereocenters. The molecule has 21 heavy (non-hydrogen) atoms. The summed E-state index contributed by atoms with van der Waals surface area (Å²) in [6.07, 6.45) is 6.52. The second-order valence-corrected chi connectivity index (χ2v) is 5.54. The maximum Gasteiger partial charge on any atom is 0.0946 e. The van der Waals surface area contributed by atoms with E-state index in [0.717, 1.165) is 45.8 Å². The van der Waals surface area contributed by atoms with E-state index < -0.39 is 0 Å². The monoisotopic (exact) mass is 300 g/mol. The number of anilines is 1. The Kier molecular flexibility index (Phi) is 3.80. The summed E-state index contributed by atoms with van der Waals surface area (Å²) in [4.78, 5) is 8.71. The molecule has 0 saturated carbocycles. The third-order valence-corrected chi connectivity index (χ3v) is 3.98. The van der Waals surface area contributed by atoms with E-state index in [1.165, 1.54) is 0 Å². The number of nitrogens with zero attached hydrogens (tertiary/aromatic N) is 3. The molecule has 1 N–H and O–H groups in total. The summed E-state index contributed by atoms with van der Waals surface area (Å²) >= 11 is 6.33. The number of benzene rings is 1. The first-order chi connectivity index (χ1) is 10.1. The van der Waals surface area contributed by atoms with Crippen LogP contribution in [0.4, 0.5) is 5.69 Å². The molecule has 3 rings (SSSR count). The lowest BCUT2D eigenvalue weighted by molar-refractivity contribution is 0.910. The van der Waals surface area contributed by atoms with Crippen molar-refractivity contribution in [2.24, 2.45) is 7.05 Å². The van der Waals surface area contributed by atoms with Crippen LogP contribution < -0.4 is 5.32 Å². The van der Waals surface area contributed by atoms with Gasteiger partial charge in [-0.25, -0.2) is 4.98 Å². The number of fused-ring (bicyclic) bond motifs is 1. The molecule has 2 heterocycles. The molecule has 0 fully saturated rings. The summed E-state index contributed by atoms with van der Waals surface area (Å²) in [6.45, 7) is 2.81. The molecule has 0 saturated heterocycles. The van der Waals surface area contributed by atoms with Crippen molar-refractivity contribution in [2.75, 3.05) is 11.9 Å². The third kappa shape index (κ3) is 2.85. The maximum atomic E-state index is 6.33. The Morgan fingerprint density at radius 2 is 2.10 bits per heavy atom. The van der Waals surface area contributed by atoms with Gasteiger partial charge in [0.1, 0.15) is 0 Å². The molecule has 108 valence electrons. The number of imidazole rings is 1. The maximum absolute atomic E-state index is 6.33. The second-order valence-electron chi connectivity index (χ2n) is 5.16. The van der Waals surface area contributed by atoms with E-state index in [9.17, 15) is 0 Å². The molecule has 0 bridgehead atoms. The average Bonchev–Trinajstić information content (AvgIpc) is 2.89. The highest BCUT2D eigenvalue weighted by atomic mass is 35.5. The van der Waals surface area contributed by atoms with Crippen LogP contribution in [0.3, 0.4) is 0 Å². The molecule has 3 aromatic rings. The summed E-state index contributed by atoms with van der Waals surface area (Å²) < 4.78 is 1.96. The Hall–Kier alpha value is -2.07. The SMILES string of the molecule is Cc1ccc2c(NCCc3cn(C)cn3)ccnc2c1Cl. The number of nitrogens with one attached hydrogen (secondary N) is 1. The van der Waals surface area contributed by atoms with Crippen molar-refractivity contribution in [1.82, 2.24) is 14.5 Å². The number of hydrogen-bond acceptors (Lipinski definition) is 3. The minimum atomic E-state index is 0.723. The number of hydrogen-bond donors (Lipinski definition) is 1. The molecule has 5 heteroatoms. The van der Waals surface area contributed by atoms with Gasteiger partial charge in [-0.15, -0.1) is 0 Å². The lowest BCUT2D eigenvalue weighted by atomic mass is 10.1. The smallest absolute Gasteiger partial charge is 0.0946 e. The Balaban J connectivity index is 1.79. The average molecular weight is 301 g/mol. The molecular weight excluding hydrogens is 284 g/mol. The number of pyridine rings is 1. The van der Waals surface area contributed by atoms with Crippen LogP contribution in [-0.2, 0) is 13.5 Å². The Bertz CT molecular complexity index is 779. The van der Waals surface area contributed by atoms with Gasteiger partial charge in [-0.2, -0.15) is 0 Å². The first-order valence-electron chi connectivity index (χ1n) is 6.89. The zero-order valence-electron chi connectivity index (χ0n) is 12.1. The van der Waals surface area contributed by atoms with Gasteiger partial charge < -0.3 is 9.88 Å². The van der Waals surface area contributed by atoms with Crippen molar-refractivity contribution in [3.8, 4) is 0 Å². The standard InChI is InChI=1S/C16H17ClN4/c1-11-3-4-13-14(6-8-19-16(13)15(11)17)18-7-5-12-9-21(2)10-20-12/h3-4,6,8-10H,5,7H2,1-2H3,(H,18,19). The molecule has 0 amide bonds. The van der Waals surface area contributed by atoms with Crippen LogP contribution in [0.1, 0.15) is 11.3 Å². The summed E-state index contributed by atoms with van der Waals surface area (Å²) in [5.74, 6) is 0. The lowest BCUT2D eigenvalue weighted by Crippen LogP contribution is -2.06. The highest BCUT2D eigenvalue weighted by molar-refractivity contribution is 6.36. The predicted octanol–water partition coefficient (Wildman–Crippen LogP) is 3.58. The van der Waals surface area contributed by atoms with Gasteiger partial charge in [0.25, 0.3) is 0 Å². The fraction of sp³-hybridized carbons (Fsp3) is 0.250. The molecule has 1 aromatic carbocycles. The van der Waals surface area contributed by atoms with E-state index in [-0.39, 0.29) is 0 Å². The van der Waals surface area contributed by atoms with E-state index in [1.807, 2.05) is 43.2 Å². The van der Waals surface area contributed by atoms with Crippen LogP contribution in [0.15, 0.2) is 36.9 Å². The Labute approximate surface area is 128 Å². The van der Waals surface area contributed by atoms with E-state index in [0.29, 0.717) is 0 Å². The normalized spacial score (nSPS) is 11.0. The fourth-order valence-electron chi connectivity index (χ4n) is 2.36. The number of aromatic nitrogens is 3. The molecule has 4 nitrogen and oxygen atoms in total. The Morgan fingerprint density at radius 1 is 1.24 bits per heavy atom. The molecule has 0 aliphatic heterocycles. The van der Waals surface area contributed by atoms with Crippen molar-refractivity contribution in [3.63, 3.8) is 0 Å². The van der Waals surface area contributed by atoms with Gasteiger partial charge in [0.05, 0.1) is 22.6 Å². The molecule has 0 atom stereocenters. The van der Waals surface area contributed by atoms with Crippen LogP contribution in [0.25, 0.3) is 10.9 Å². The largest absolute Gasteiger partial charge is 0.384 e. The van der Waals surface area contributed by atoms with Gasteiger partial charge in [0.15, 0.2) is 0 Å². The number of halogens is 1. The summed E-state index contributed by atoms with van der Waals surface area (Å²) in [7, 11) is 1.98. The molecular formula is C16H17ClN4. The van der Waals surface area contributed by atoms with E-state index in [1.54, 1.807) is 6.20 Å². The first kappa shape index (κ1) is 13.9. The van der Waals surface area contributed by atoms with Gasteiger partial charge in [-0.3, -0.25) is 4.98 Å². The van der Waals surface area contributed by atoms with Crippen LogP contribution in [0.2, 0.25) is 5.02 Å². The summed E-state index contributed by atoms with van der Waals surface area (Å²) in [5, 5.41) is 5.22. The number of aryl methyl sites for hydroxylation is 2. The van der Waals surface area contributed by atoms with E-state index >= 15 is 0 Å². The van der Waals surface area contributed by atoms with Crippen LogP contribution >= 0.6 is 11.6 Å². The third-order valence-electron chi connectivity index (χ3n) is 3.50.